The number of nitrogens with one attached hydrogen (secondary N) is 1. The third kappa shape index (κ3) is 24.5. The molecule has 9 N–H and O–H groups in total. The van der Waals surface area contributed by atoms with Crippen molar-refractivity contribution in [2.45, 2.75) is 197 Å². The van der Waals surface area contributed by atoms with Crippen LogP contribution in [0.15, 0.2) is 97.2 Å². The summed E-state index contributed by atoms with van der Waals surface area (Å²) in [7, 11) is 0. The van der Waals surface area contributed by atoms with Crippen LogP contribution in [0.25, 0.3) is 0 Å². The molecule has 14 heteroatoms. The molecule has 0 aliphatic carbocycles. The van der Waals surface area contributed by atoms with Gasteiger partial charge in [0.2, 0.25) is 5.91 Å². The number of carbonyl (C=O) groups is 1. The molecule has 370 valence electrons. The Morgan fingerprint density at radius 1 is 0.554 bits per heavy atom. The Labute approximate surface area is 388 Å². The number of hydrogen-bond acceptors (Lipinski definition) is 13. The van der Waals surface area contributed by atoms with Crippen LogP contribution in [0.2, 0.25) is 0 Å². The maximum absolute atomic E-state index is 13.1. The number of hydrogen-bond donors (Lipinski definition) is 9. The Balaban J connectivity index is 1.85. The largest absolute Gasteiger partial charge is 0.394 e. The molecule has 2 heterocycles. The van der Waals surface area contributed by atoms with E-state index < -0.39 is 86.8 Å². The molecule has 0 saturated carbocycles. The lowest BCUT2D eigenvalue weighted by Gasteiger charge is -2.46. The predicted molar refractivity (Wildman–Crippen MR) is 253 cm³/mol. The fourth-order valence-corrected chi connectivity index (χ4v) is 7.12. The molecule has 0 radical (unpaired) electrons. The number of unbranched alkanes of at least 4 members (excludes halogenated alkanes) is 7. The quantitative estimate of drug-likeness (QED) is 0.0284. The van der Waals surface area contributed by atoms with Gasteiger partial charge in [-0.15, -0.1) is 0 Å². The van der Waals surface area contributed by atoms with E-state index in [1.54, 1.807) is 6.08 Å². The number of rotatable bonds is 34. The summed E-state index contributed by atoms with van der Waals surface area (Å²) in [6, 6.07) is -0.952. The van der Waals surface area contributed by atoms with Gasteiger partial charge in [0, 0.05) is 6.42 Å². The van der Waals surface area contributed by atoms with Crippen molar-refractivity contribution in [1.29, 1.82) is 0 Å². The lowest BCUT2D eigenvalue weighted by molar-refractivity contribution is -0.359. The Kier molecular flexibility index (Phi) is 33.0. The first kappa shape index (κ1) is 58.0. The summed E-state index contributed by atoms with van der Waals surface area (Å²) >= 11 is 0. The standard InChI is InChI=1S/C51H83NO13/c1-3-5-7-9-11-13-15-16-17-18-19-20-21-22-23-24-25-27-29-31-33-35-43(56)52-39(40(55)34-32-30-28-26-14-12-10-8-6-4-2)38-62-50-48(61)46(59)49(42(37-54)64-50)65-51-47(60)45(58)44(57)41(36-53)63-51/h5-8,11,13-14,16-17,19-20,22-23,26,32,34,39-42,44-51,53-55,57-61H,3-4,9-10,12,15,18,21,24-25,27-31,33,35-38H2,1-2H3,(H,52,56)/b7-5-,8-6+,13-11-,17-16-,20-19-,23-22-,26-14+,34-32+. The van der Waals surface area contributed by atoms with E-state index in [0.29, 0.717) is 12.8 Å². The van der Waals surface area contributed by atoms with E-state index in [4.69, 9.17) is 18.9 Å². The lowest BCUT2D eigenvalue weighted by atomic mass is 9.97. The second kappa shape index (κ2) is 37.0. The molecule has 65 heavy (non-hydrogen) atoms. The van der Waals surface area contributed by atoms with E-state index in [0.717, 1.165) is 89.9 Å². The summed E-state index contributed by atoms with van der Waals surface area (Å²) in [5.74, 6) is -0.281. The normalized spacial score (nSPS) is 27.9. The first-order valence-corrected chi connectivity index (χ1v) is 24.0. The Morgan fingerprint density at radius 2 is 1.03 bits per heavy atom. The van der Waals surface area contributed by atoms with Gasteiger partial charge in [-0.3, -0.25) is 4.79 Å². The number of allylic oxidation sites excluding steroid dienone is 15. The molecule has 2 aliphatic heterocycles. The zero-order valence-electron chi connectivity index (χ0n) is 38.9. The minimum atomic E-state index is -1.80. The number of amides is 1. The van der Waals surface area contributed by atoms with Gasteiger partial charge in [-0.1, -0.05) is 130 Å². The van der Waals surface area contributed by atoms with Crippen LogP contribution in [0.5, 0.6) is 0 Å². The van der Waals surface area contributed by atoms with E-state index in [2.05, 4.69) is 104 Å². The summed E-state index contributed by atoms with van der Waals surface area (Å²) in [5, 5.41) is 86.4. The second-order valence-corrected chi connectivity index (χ2v) is 16.5. The average Bonchev–Trinajstić information content (AvgIpc) is 3.30. The van der Waals surface area contributed by atoms with Gasteiger partial charge in [0.15, 0.2) is 12.6 Å². The predicted octanol–water partition coefficient (Wildman–Crippen LogP) is 5.59. The van der Waals surface area contributed by atoms with Gasteiger partial charge in [-0.05, 0) is 83.5 Å². The van der Waals surface area contributed by atoms with Crippen LogP contribution >= 0.6 is 0 Å². The molecule has 12 atom stereocenters. The van der Waals surface area contributed by atoms with Gasteiger partial charge in [0.05, 0.1) is 32.0 Å². The highest BCUT2D eigenvalue weighted by atomic mass is 16.7. The Hall–Kier alpha value is -3.09. The molecule has 2 aliphatic rings. The number of aliphatic hydroxyl groups is 8. The fraction of sp³-hybridized carbons (Fsp3) is 0.667. The smallest absolute Gasteiger partial charge is 0.220 e. The van der Waals surface area contributed by atoms with Crippen LogP contribution in [-0.2, 0) is 23.7 Å². The number of aliphatic hydroxyl groups excluding tert-OH is 8. The van der Waals surface area contributed by atoms with Crippen molar-refractivity contribution >= 4 is 5.91 Å². The molecule has 2 fully saturated rings. The zero-order valence-corrected chi connectivity index (χ0v) is 38.9. The summed E-state index contributed by atoms with van der Waals surface area (Å²) in [6.07, 6.45) is 31.8. The van der Waals surface area contributed by atoms with Crippen molar-refractivity contribution in [3.05, 3.63) is 97.2 Å². The van der Waals surface area contributed by atoms with E-state index in [-0.39, 0.29) is 18.9 Å². The number of carbonyl (C=O) groups excluding carboxylic acids is 1. The zero-order chi connectivity index (χ0) is 47.5. The van der Waals surface area contributed by atoms with Gasteiger partial charge in [0.25, 0.3) is 0 Å². The summed E-state index contributed by atoms with van der Waals surface area (Å²) in [4.78, 5) is 13.1. The minimum Gasteiger partial charge on any atom is -0.394 e. The highest BCUT2D eigenvalue weighted by Gasteiger charge is 2.51. The van der Waals surface area contributed by atoms with Crippen molar-refractivity contribution in [3.8, 4) is 0 Å². The van der Waals surface area contributed by atoms with Gasteiger partial charge in [-0.2, -0.15) is 0 Å². The molecule has 1 amide bonds. The second-order valence-electron chi connectivity index (χ2n) is 16.5. The van der Waals surface area contributed by atoms with Crippen LogP contribution in [0, 0.1) is 0 Å². The first-order valence-electron chi connectivity index (χ1n) is 24.0. The first-order chi connectivity index (χ1) is 31.6. The minimum absolute atomic E-state index is 0.241. The molecule has 2 rings (SSSR count). The Bertz CT molecular complexity index is 1460. The van der Waals surface area contributed by atoms with Gasteiger partial charge >= 0.3 is 0 Å². The molecule has 0 aromatic carbocycles. The van der Waals surface area contributed by atoms with Crippen LogP contribution in [0.1, 0.15) is 123 Å². The van der Waals surface area contributed by atoms with E-state index >= 15 is 0 Å². The molecular formula is C51H83NO13. The van der Waals surface area contributed by atoms with Crippen molar-refractivity contribution < 1.29 is 64.6 Å². The third-order valence-corrected chi connectivity index (χ3v) is 11.0. The summed E-state index contributed by atoms with van der Waals surface area (Å²) in [5.41, 5.74) is 0. The SMILES string of the molecule is CC/C=C\C/C=C\C/C=C\C/C=C\C/C=C\CCCCCCCC(=O)NC(COC1OC(CO)C(OC2OC(CO)C(O)C(O)C2O)C(O)C1O)C(O)/C=C/CC/C=C/CC/C=C/CC. The van der Waals surface area contributed by atoms with Crippen molar-refractivity contribution in [2.24, 2.45) is 0 Å². The van der Waals surface area contributed by atoms with E-state index in [1.165, 1.54) is 0 Å². The van der Waals surface area contributed by atoms with E-state index in [1.807, 2.05) is 6.08 Å². The molecular weight excluding hydrogens is 835 g/mol. The van der Waals surface area contributed by atoms with E-state index in [9.17, 15) is 45.6 Å². The maximum Gasteiger partial charge on any atom is 0.220 e. The lowest BCUT2D eigenvalue weighted by Crippen LogP contribution is -2.65. The molecule has 0 spiro atoms. The molecule has 2 saturated heterocycles. The fourth-order valence-electron chi connectivity index (χ4n) is 7.12. The van der Waals surface area contributed by atoms with Crippen LogP contribution in [0.3, 0.4) is 0 Å². The van der Waals surface area contributed by atoms with Crippen LogP contribution in [-0.4, -0.2) is 140 Å². The highest BCUT2D eigenvalue weighted by Crippen LogP contribution is 2.30. The molecule has 0 aromatic heterocycles. The van der Waals surface area contributed by atoms with Crippen molar-refractivity contribution in [1.82, 2.24) is 5.32 Å². The van der Waals surface area contributed by atoms with Gasteiger partial charge in [0.1, 0.15) is 48.8 Å². The molecule has 12 unspecified atom stereocenters. The van der Waals surface area contributed by atoms with Crippen LogP contribution in [0.4, 0.5) is 0 Å². The third-order valence-electron chi connectivity index (χ3n) is 11.0. The average molecular weight is 918 g/mol. The van der Waals surface area contributed by atoms with Crippen LogP contribution < -0.4 is 5.32 Å². The van der Waals surface area contributed by atoms with Gasteiger partial charge < -0.3 is 65.1 Å². The molecule has 14 nitrogen and oxygen atoms in total. The van der Waals surface area contributed by atoms with Gasteiger partial charge in [-0.25, -0.2) is 0 Å². The molecule has 0 aromatic rings. The highest BCUT2D eigenvalue weighted by molar-refractivity contribution is 5.76. The Morgan fingerprint density at radius 3 is 1.63 bits per heavy atom. The summed E-state index contributed by atoms with van der Waals surface area (Å²) in [6.45, 7) is 2.46. The van der Waals surface area contributed by atoms with Crippen molar-refractivity contribution in [3.63, 3.8) is 0 Å². The summed E-state index contributed by atoms with van der Waals surface area (Å²) < 4.78 is 22.6. The van der Waals surface area contributed by atoms with Crippen molar-refractivity contribution in [2.75, 3.05) is 19.8 Å². The number of ether oxygens (including phenoxy) is 4. The topological polar surface area (TPSA) is 228 Å². The molecule has 0 bridgehead atoms. The monoisotopic (exact) mass is 918 g/mol. The maximum atomic E-state index is 13.1.